The maximum absolute atomic E-state index is 12.0. The van der Waals surface area contributed by atoms with Crippen molar-refractivity contribution in [1.29, 1.82) is 0 Å². The monoisotopic (exact) mass is 318 g/mol. The van der Waals surface area contributed by atoms with Crippen molar-refractivity contribution in [1.82, 2.24) is 10.2 Å². The van der Waals surface area contributed by atoms with Gasteiger partial charge in [-0.2, -0.15) is 0 Å². The lowest BCUT2D eigenvalue weighted by Crippen LogP contribution is -2.40. The summed E-state index contributed by atoms with van der Waals surface area (Å²) < 4.78 is 0. The minimum atomic E-state index is -0.877. The minimum Gasteiger partial charge on any atom is -0.399 e. The molecule has 2 rings (SSSR count). The minimum absolute atomic E-state index is 0.176. The lowest BCUT2D eigenvalue weighted by atomic mass is 10.1. The summed E-state index contributed by atoms with van der Waals surface area (Å²) in [6, 6.07) is 4.89. The van der Waals surface area contributed by atoms with E-state index in [9.17, 15) is 14.4 Å². The molecule has 23 heavy (non-hydrogen) atoms. The Labute approximate surface area is 135 Å². The van der Waals surface area contributed by atoms with Crippen molar-refractivity contribution in [3.05, 3.63) is 23.8 Å². The zero-order valence-electron chi connectivity index (χ0n) is 13.6. The standard InChI is InChI=1S/C16H22N4O3/c1-10-6-7-11(17)9-12(10)18-13(21)5-4-8-20-14(22)16(2,3)19-15(20)23/h6-7,9H,4-5,8,17H2,1-3H3,(H,18,21)(H,19,23). The Morgan fingerprint density at radius 2 is 2.04 bits per heavy atom. The Morgan fingerprint density at radius 3 is 2.65 bits per heavy atom. The van der Waals surface area contributed by atoms with Crippen LogP contribution in [-0.2, 0) is 9.59 Å². The molecule has 0 saturated carbocycles. The number of imide groups is 1. The summed E-state index contributed by atoms with van der Waals surface area (Å²) in [4.78, 5) is 36.9. The summed E-state index contributed by atoms with van der Waals surface area (Å²) in [6.07, 6.45) is 0.619. The van der Waals surface area contributed by atoms with Gasteiger partial charge in [0.1, 0.15) is 5.54 Å². The maximum Gasteiger partial charge on any atom is 0.325 e. The van der Waals surface area contributed by atoms with Gasteiger partial charge in [-0.05, 0) is 44.9 Å². The van der Waals surface area contributed by atoms with Crippen LogP contribution in [0.15, 0.2) is 18.2 Å². The van der Waals surface area contributed by atoms with Crippen LogP contribution >= 0.6 is 0 Å². The van der Waals surface area contributed by atoms with Gasteiger partial charge in [-0.25, -0.2) is 4.79 Å². The first-order chi connectivity index (χ1) is 10.7. The van der Waals surface area contributed by atoms with Gasteiger partial charge in [-0.3, -0.25) is 14.5 Å². The van der Waals surface area contributed by atoms with Crippen LogP contribution in [-0.4, -0.2) is 34.8 Å². The topological polar surface area (TPSA) is 105 Å². The van der Waals surface area contributed by atoms with Crippen molar-refractivity contribution in [2.24, 2.45) is 0 Å². The summed E-state index contributed by atoms with van der Waals surface area (Å²) >= 11 is 0. The third-order valence-electron chi connectivity index (χ3n) is 3.77. The molecule has 0 spiro atoms. The third kappa shape index (κ3) is 3.80. The van der Waals surface area contributed by atoms with E-state index in [2.05, 4.69) is 10.6 Å². The highest BCUT2D eigenvalue weighted by Gasteiger charge is 2.43. The fourth-order valence-electron chi connectivity index (χ4n) is 2.41. The number of benzene rings is 1. The number of nitrogens with two attached hydrogens (primary N) is 1. The Balaban J connectivity index is 1.85. The van der Waals surface area contributed by atoms with Gasteiger partial charge in [-0.1, -0.05) is 6.07 Å². The molecule has 0 aromatic heterocycles. The van der Waals surface area contributed by atoms with Crippen LogP contribution in [0.25, 0.3) is 0 Å². The van der Waals surface area contributed by atoms with E-state index in [0.29, 0.717) is 17.8 Å². The number of nitrogen functional groups attached to an aromatic ring is 1. The molecule has 0 aliphatic carbocycles. The summed E-state index contributed by atoms with van der Waals surface area (Å²) in [5.74, 6) is -0.445. The predicted octanol–water partition coefficient (Wildman–Crippen LogP) is 1.63. The predicted molar refractivity (Wildman–Crippen MR) is 87.8 cm³/mol. The average molecular weight is 318 g/mol. The first kappa shape index (κ1) is 16.8. The average Bonchev–Trinajstić information content (AvgIpc) is 2.64. The molecule has 1 aromatic carbocycles. The van der Waals surface area contributed by atoms with Crippen molar-refractivity contribution in [3.63, 3.8) is 0 Å². The van der Waals surface area contributed by atoms with Crippen LogP contribution in [0, 0.1) is 6.92 Å². The van der Waals surface area contributed by atoms with Crippen molar-refractivity contribution >= 4 is 29.2 Å². The van der Waals surface area contributed by atoms with Gasteiger partial charge in [0.05, 0.1) is 0 Å². The largest absolute Gasteiger partial charge is 0.399 e. The summed E-state index contributed by atoms with van der Waals surface area (Å²) in [5, 5.41) is 5.40. The lowest BCUT2D eigenvalue weighted by Gasteiger charge is -2.15. The number of rotatable bonds is 5. The SMILES string of the molecule is Cc1ccc(N)cc1NC(=O)CCCN1C(=O)NC(C)(C)C1=O. The molecule has 1 fully saturated rings. The molecule has 1 saturated heterocycles. The van der Waals surface area contributed by atoms with Crippen LogP contribution in [0.4, 0.5) is 16.2 Å². The highest BCUT2D eigenvalue weighted by Crippen LogP contribution is 2.19. The smallest absolute Gasteiger partial charge is 0.325 e. The van der Waals surface area contributed by atoms with Gasteiger partial charge in [0.25, 0.3) is 5.91 Å². The molecule has 4 N–H and O–H groups in total. The van der Waals surface area contributed by atoms with E-state index >= 15 is 0 Å². The zero-order chi connectivity index (χ0) is 17.2. The van der Waals surface area contributed by atoms with E-state index in [1.807, 2.05) is 13.0 Å². The molecule has 7 nitrogen and oxygen atoms in total. The van der Waals surface area contributed by atoms with Crippen LogP contribution < -0.4 is 16.4 Å². The summed E-state index contributed by atoms with van der Waals surface area (Å²) in [6.45, 7) is 5.41. The van der Waals surface area contributed by atoms with E-state index in [4.69, 9.17) is 5.73 Å². The number of urea groups is 1. The highest BCUT2D eigenvalue weighted by atomic mass is 16.2. The van der Waals surface area contributed by atoms with Gasteiger partial charge in [0.15, 0.2) is 0 Å². The number of amides is 4. The second kappa shape index (κ2) is 6.28. The van der Waals surface area contributed by atoms with Gasteiger partial charge in [0.2, 0.25) is 5.91 Å². The second-order valence-electron chi connectivity index (χ2n) is 6.24. The fraction of sp³-hybridized carbons (Fsp3) is 0.438. The van der Waals surface area contributed by atoms with E-state index in [0.717, 1.165) is 10.5 Å². The number of carbonyl (C=O) groups is 3. The van der Waals surface area contributed by atoms with Crippen molar-refractivity contribution < 1.29 is 14.4 Å². The number of hydrogen-bond donors (Lipinski definition) is 3. The molecule has 124 valence electrons. The van der Waals surface area contributed by atoms with E-state index in [-0.39, 0.29) is 24.8 Å². The lowest BCUT2D eigenvalue weighted by molar-refractivity contribution is -0.130. The molecule has 0 radical (unpaired) electrons. The molecular weight excluding hydrogens is 296 g/mol. The maximum atomic E-state index is 12.0. The Bertz CT molecular complexity index is 655. The first-order valence-electron chi connectivity index (χ1n) is 7.51. The van der Waals surface area contributed by atoms with Crippen molar-refractivity contribution in [3.8, 4) is 0 Å². The molecule has 1 aliphatic heterocycles. The highest BCUT2D eigenvalue weighted by molar-refractivity contribution is 6.06. The molecule has 0 bridgehead atoms. The van der Waals surface area contributed by atoms with Crippen LogP contribution in [0.3, 0.4) is 0 Å². The van der Waals surface area contributed by atoms with Crippen molar-refractivity contribution in [2.75, 3.05) is 17.6 Å². The molecule has 1 aliphatic rings. The fourth-order valence-corrected chi connectivity index (χ4v) is 2.41. The van der Waals surface area contributed by atoms with Gasteiger partial charge in [0, 0.05) is 24.3 Å². The van der Waals surface area contributed by atoms with Gasteiger partial charge >= 0.3 is 6.03 Å². The van der Waals surface area contributed by atoms with Gasteiger partial charge < -0.3 is 16.4 Å². The number of nitrogens with one attached hydrogen (secondary N) is 2. The van der Waals surface area contributed by atoms with Crippen LogP contribution in [0.2, 0.25) is 0 Å². The van der Waals surface area contributed by atoms with Crippen LogP contribution in [0.5, 0.6) is 0 Å². The van der Waals surface area contributed by atoms with Gasteiger partial charge in [-0.15, -0.1) is 0 Å². The number of carbonyl (C=O) groups excluding carboxylic acids is 3. The Hall–Kier alpha value is -2.57. The quantitative estimate of drug-likeness (QED) is 0.567. The summed E-state index contributed by atoms with van der Waals surface area (Å²) in [5.41, 5.74) is 6.99. The molecule has 1 aromatic rings. The number of aryl methyl sites for hydroxylation is 1. The molecule has 0 atom stereocenters. The first-order valence-corrected chi connectivity index (χ1v) is 7.51. The Kier molecular flexibility index (Phi) is 4.58. The molecular formula is C16H22N4O3. The molecule has 7 heteroatoms. The summed E-state index contributed by atoms with van der Waals surface area (Å²) in [7, 11) is 0. The molecule has 4 amide bonds. The normalized spacial score (nSPS) is 16.4. The zero-order valence-corrected chi connectivity index (χ0v) is 13.6. The molecule has 1 heterocycles. The Morgan fingerprint density at radius 1 is 1.35 bits per heavy atom. The van der Waals surface area contributed by atoms with E-state index in [1.165, 1.54) is 0 Å². The van der Waals surface area contributed by atoms with Crippen molar-refractivity contribution in [2.45, 2.75) is 39.2 Å². The van der Waals surface area contributed by atoms with E-state index < -0.39 is 11.6 Å². The number of anilines is 2. The van der Waals surface area contributed by atoms with Crippen LogP contribution in [0.1, 0.15) is 32.3 Å². The third-order valence-corrected chi connectivity index (χ3v) is 3.77. The molecule has 0 unspecified atom stereocenters. The second-order valence-corrected chi connectivity index (χ2v) is 6.24. The number of hydrogen-bond acceptors (Lipinski definition) is 4. The number of nitrogens with zero attached hydrogens (tertiary/aromatic N) is 1. The van der Waals surface area contributed by atoms with E-state index in [1.54, 1.807) is 26.0 Å².